The summed E-state index contributed by atoms with van der Waals surface area (Å²) in [6.07, 6.45) is 5.25. The van der Waals surface area contributed by atoms with Crippen molar-refractivity contribution >= 4 is 5.97 Å². The largest absolute Gasteiger partial charge is 0.481 e. The minimum Gasteiger partial charge on any atom is -0.481 e. The lowest BCUT2D eigenvalue weighted by Gasteiger charge is -2.19. The average Bonchev–Trinajstić information content (AvgIpc) is 2.32. The minimum absolute atomic E-state index is 0.222. The van der Waals surface area contributed by atoms with Gasteiger partial charge in [0.25, 0.3) is 0 Å². The van der Waals surface area contributed by atoms with Gasteiger partial charge in [-0.15, -0.1) is 0 Å². The summed E-state index contributed by atoms with van der Waals surface area (Å²) in [6, 6.07) is 0.473. The lowest BCUT2D eigenvalue weighted by molar-refractivity contribution is -0.141. The SMILES string of the molecule is CCC(C)CCN[C@H](CC)CC[C@H](C)C(=O)O. The summed E-state index contributed by atoms with van der Waals surface area (Å²) in [4.78, 5) is 10.7. The highest BCUT2D eigenvalue weighted by molar-refractivity contribution is 5.69. The lowest BCUT2D eigenvalue weighted by atomic mass is 9.99. The predicted octanol–water partition coefficient (Wildman–Crippen LogP) is 3.29. The van der Waals surface area contributed by atoms with Crippen LogP contribution in [0.4, 0.5) is 0 Å². The molecule has 3 heteroatoms. The van der Waals surface area contributed by atoms with Gasteiger partial charge in [-0.25, -0.2) is 0 Å². The van der Waals surface area contributed by atoms with Crippen LogP contribution in [0.5, 0.6) is 0 Å². The molecule has 0 spiro atoms. The van der Waals surface area contributed by atoms with Crippen LogP contribution in [0.1, 0.15) is 59.8 Å². The van der Waals surface area contributed by atoms with E-state index in [4.69, 9.17) is 5.11 Å². The second kappa shape index (κ2) is 9.46. The van der Waals surface area contributed by atoms with Crippen molar-refractivity contribution in [2.24, 2.45) is 11.8 Å². The van der Waals surface area contributed by atoms with E-state index in [-0.39, 0.29) is 5.92 Å². The number of carboxylic acids is 1. The molecule has 0 saturated carbocycles. The van der Waals surface area contributed by atoms with Crippen molar-refractivity contribution in [3.63, 3.8) is 0 Å². The van der Waals surface area contributed by atoms with Gasteiger partial charge in [0.05, 0.1) is 5.92 Å². The van der Waals surface area contributed by atoms with Gasteiger partial charge in [-0.05, 0) is 38.1 Å². The molecule has 1 unspecified atom stereocenters. The Morgan fingerprint density at radius 3 is 2.24 bits per heavy atom. The Morgan fingerprint density at radius 1 is 1.12 bits per heavy atom. The highest BCUT2D eigenvalue weighted by Crippen LogP contribution is 2.11. The van der Waals surface area contributed by atoms with Crippen LogP contribution >= 0.6 is 0 Å². The van der Waals surface area contributed by atoms with Crippen LogP contribution in [0.15, 0.2) is 0 Å². The highest BCUT2D eigenvalue weighted by Gasteiger charge is 2.13. The van der Waals surface area contributed by atoms with Gasteiger partial charge in [0, 0.05) is 6.04 Å². The molecule has 3 nitrogen and oxygen atoms in total. The third kappa shape index (κ3) is 8.19. The molecule has 0 aromatic rings. The Morgan fingerprint density at radius 2 is 1.76 bits per heavy atom. The average molecular weight is 243 g/mol. The number of carboxylic acid groups (broad SMARTS) is 1. The van der Waals surface area contributed by atoms with Crippen molar-refractivity contribution in [2.45, 2.75) is 65.8 Å². The first-order valence-electron chi connectivity index (χ1n) is 6.97. The van der Waals surface area contributed by atoms with E-state index in [0.29, 0.717) is 6.04 Å². The summed E-state index contributed by atoms with van der Waals surface area (Å²) in [5.41, 5.74) is 0. The minimum atomic E-state index is -0.681. The zero-order chi connectivity index (χ0) is 13.3. The van der Waals surface area contributed by atoms with E-state index in [0.717, 1.165) is 31.7 Å². The van der Waals surface area contributed by atoms with Gasteiger partial charge in [-0.1, -0.05) is 34.1 Å². The van der Waals surface area contributed by atoms with Gasteiger partial charge in [0.15, 0.2) is 0 Å². The molecule has 0 radical (unpaired) electrons. The fourth-order valence-corrected chi connectivity index (χ4v) is 1.76. The molecule has 0 aromatic carbocycles. The summed E-state index contributed by atoms with van der Waals surface area (Å²) in [5, 5.41) is 12.4. The van der Waals surface area contributed by atoms with Crippen molar-refractivity contribution < 1.29 is 9.90 Å². The molecule has 102 valence electrons. The normalized spacial score (nSPS) is 16.5. The van der Waals surface area contributed by atoms with Gasteiger partial charge in [0.2, 0.25) is 0 Å². The Balaban J connectivity index is 3.73. The molecule has 0 aliphatic rings. The van der Waals surface area contributed by atoms with Crippen LogP contribution in [-0.4, -0.2) is 23.7 Å². The number of hydrogen-bond donors (Lipinski definition) is 2. The van der Waals surface area contributed by atoms with Crippen LogP contribution in [0, 0.1) is 11.8 Å². The molecule has 0 aliphatic heterocycles. The zero-order valence-corrected chi connectivity index (χ0v) is 11.8. The lowest BCUT2D eigenvalue weighted by Crippen LogP contribution is -2.31. The summed E-state index contributed by atoms with van der Waals surface area (Å²) >= 11 is 0. The van der Waals surface area contributed by atoms with Gasteiger partial charge in [-0.2, -0.15) is 0 Å². The van der Waals surface area contributed by atoms with Crippen molar-refractivity contribution in [3.05, 3.63) is 0 Å². The van der Waals surface area contributed by atoms with Crippen molar-refractivity contribution in [1.29, 1.82) is 0 Å². The smallest absolute Gasteiger partial charge is 0.306 e. The zero-order valence-electron chi connectivity index (χ0n) is 11.8. The van der Waals surface area contributed by atoms with E-state index >= 15 is 0 Å². The van der Waals surface area contributed by atoms with E-state index in [2.05, 4.69) is 26.1 Å². The van der Waals surface area contributed by atoms with Crippen molar-refractivity contribution in [2.75, 3.05) is 6.54 Å². The molecule has 0 bridgehead atoms. The molecule has 0 saturated heterocycles. The fourth-order valence-electron chi connectivity index (χ4n) is 1.76. The molecule has 3 atom stereocenters. The molecule has 0 amide bonds. The number of aliphatic carboxylic acids is 1. The molecular formula is C14H29NO2. The highest BCUT2D eigenvalue weighted by atomic mass is 16.4. The maximum Gasteiger partial charge on any atom is 0.306 e. The number of hydrogen-bond acceptors (Lipinski definition) is 2. The first-order chi connectivity index (χ1) is 8.01. The van der Waals surface area contributed by atoms with Gasteiger partial charge in [0.1, 0.15) is 0 Å². The Hall–Kier alpha value is -0.570. The number of carbonyl (C=O) groups is 1. The second-order valence-corrected chi connectivity index (χ2v) is 5.18. The summed E-state index contributed by atoms with van der Waals surface area (Å²) in [6.45, 7) is 9.49. The Labute approximate surface area is 106 Å². The molecule has 0 heterocycles. The third-order valence-electron chi connectivity index (χ3n) is 3.63. The third-order valence-corrected chi connectivity index (χ3v) is 3.63. The van der Waals surface area contributed by atoms with Crippen LogP contribution in [0.3, 0.4) is 0 Å². The number of rotatable bonds is 10. The van der Waals surface area contributed by atoms with Crippen LogP contribution < -0.4 is 5.32 Å². The summed E-state index contributed by atoms with van der Waals surface area (Å²) < 4.78 is 0. The summed E-state index contributed by atoms with van der Waals surface area (Å²) in [5.74, 6) is -0.127. The predicted molar refractivity (Wildman–Crippen MR) is 72.2 cm³/mol. The van der Waals surface area contributed by atoms with E-state index in [9.17, 15) is 4.79 Å². The molecule has 0 aliphatic carbocycles. The Bertz CT molecular complexity index is 206. The van der Waals surface area contributed by atoms with Crippen molar-refractivity contribution in [1.82, 2.24) is 5.32 Å². The number of nitrogens with one attached hydrogen (secondary N) is 1. The second-order valence-electron chi connectivity index (χ2n) is 5.18. The van der Waals surface area contributed by atoms with Gasteiger partial charge < -0.3 is 10.4 Å². The standard InChI is InChI=1S/C14H29NO2/c1-5-11(3)9-10-15-13(6-2)8-7-12(4)14(16)17/h11-13,15H,5-10H2,1-4H3,(H,16,17)/t11?,12-,13+/m0/s1. The van der Waals surface area contributed by atoms with Gasteiger partial charge >= 0.3 is 5.97 Å². The van der Waals surface area contributed by atoms with Crippen LogP contribution in [0.25, 0.3) is 0 Å². The first-order valence-corrected chi connectivity index (χ1v) is 6.97. The van der Waals surface area contributed by atoms with E-state index in [1.165, 1.54) is 12.8 Å². The molecule has 17 heavy (non-hydrogen) atoms. The summed E-state index contributed by atoms with van der Waals surface area (Å²) in [7, 11) is 0. The molecule has 2 N–H and O–H groups in total. The quantitative estimate of drug-likeness (QED) is 0.619. The van der Waals surface area contributed by atoms with E-state index < -0.39 is 5.97 Å². The van der Waals surface area contributed by atoms with E-state index in [1.807, 2.05) is 0 Å². The monoisotopic (exact) mass is 243 g/mol. The van der Waals surface area contributed by atoms with Crippen LogP contribution in [-0.2, 0) is 4.79 Å². The van der Waals surface area contributed by atoms with Crippen molar-refractivity contribution in [3.8, 4) is 0 Å². The van der Waals surface area contributed by atoms with Crippen LogP contribution in [0.2, 0.25) is 0 Å². The first kappa shape index (κ1) is 16.4. The molecule has 0 aromatic heterocycles. The van der Waals surface area contributed by atoms with E-state index in [1.54, 1.807) is 6.92 Å². The molecular weight excluding hydrogens is 214 g/mol. The molecule has 0 rings (SSSR count). The maximum absolute atomic E-state index is 10.7. The Kier molecular flexibility index (Phi) is 9.14. The maximum atomic E-state index is 10.7. The topological polar surface area (TPSA) is 49.3 Å². The molecule has 0 fully saturated rings. The fraction of sp³-hybridized carbons (Fsp3) is 0.929. The van der Waals surface area contributed by atoms with Gasteiger partial charge in [-0.3, -0.25) is 4.79 Å².